The van der Waals surface area contributed by atoms with Crippen LogP contribution in [0, 0.1) is 12.7 Å². The third kappa shape index (κ3) is 4.20. The number of anilines is 1. The largest absolute Gasteiger partial charge is 0.480 e. The molecule has 2 aromatic carbocycles. The summed E-state index contributed by atoms with van der Waals surface area (Å²) in [7, 11) is 0. The molecule has 0 atom stereocenters. The van der Waals surface area contributed by atoms with Crippen LogP contribution in [0.15, 0.2) is 42.5 Å². The minimum Gasteiger partial charge on any atom is -0.480 e. The molecule has 0 spiro atoms. The third-order valence-corrected chi connectivity index (χ3v) is 3.46. The molecule has 2 rings (SSSR count). The van der Waals surface area contributed by atoms with Crippen molar-refractivity contribution in [3.05, 3.63) is 64.4 Å². The van der Waals surface area contributed by atoms with E-state index in [1.807, 2.05) is 31.2 Å². The number of carboxylic acids is 1. The fraction of sp³-hybridized carbons (Fsp3) is 0.188. The van der Waals surface area contributed by atoms with Crippen molar-refractivity contribution in [2.45, 2.75) is 13.5 Å². The predicted molar refractivity (Wildman–Crippen MR) is 81.3 cm³/mol. The maximum absolute atomic E-state index is 13.3. The maximum atomic E-state index is 13.3. The monoisotopic (exact) mass is 307 g/mol. The Balaban J connectivity index is 2.30. The van der Waals surface area contributed by atoms with Crippen LogP contribution in [0.1, 0.15) is 11.1 Å². The molecule has 0 fully saturated rings. The molecule has 0 unspecified atom stereocenters. The highest BCUT2D eigenvalue weighted by molar-refractivity contribution is 6.31. The number of hydrogen-bond acceptors (Lipinski definition) is 2. The topological polar surface area (TPSA) is 40.5 Å². The van der Waals surface area contributed by atoms with Gasteiger partial charge in [-0.3, -0.25) is 4.79 Å². The molecular formula is C16H15ClFNO2. The second-order valence-electron chi connectivity index (χ2n) is 4.82. The summed E-state index contributed by atoms with van der Waals surface area (Å²) in [5.41, 5.74) is 2.39. The van der Waals surface area contributed by atoms with Gasteiger partial charge in [0.05, 0.1) is 0 Å². The summed E-state index contributed by atoms with van der Waals surface area (Å²) in [6.07, 6.45) is 0. The van der Waals surface area contributed by atoms with Gasteiger partial charge in [0.2, 0.25) is 0 Å². The molecule has 0 aliphatic rings. The molecule has 110 valence electrons. The van der Waals surface area contributed by atoms with Gasteiger partial charge >= 0.3 is 5.97 Å². The lowest BCUT2D eigenvalue weighted by atomic mass is 10.1. The van der Waals surface area contributed by atoms with Crippen LogP contribution < -0.4 is 4.90 Å². The molecule has 0 saturated heterocycles. The van der Waals surface area contributed by atoms with Gasteiger partial charge in [-0.05, 0) is 42.8 Å². The number of benzene rings is 2. The van der Waals surface area contributed by atoms with E-state index in [1.54, 1.807) is 4.90 Å². The maximum Gasteiger partial charge on any atom is 0.323 e. The summed E-state index contributed by atoms with van der Waals surface area (Å²) in [6, 6.07) is 11.6. The van der Waals surface area contributed by atoms with Crippen molar-refractivity contribution in [1.29, 1.82) is 0 Å². The number of aliphatic carboxylic acids is 1. The zero-order valence-electron chi connectivity index (χ0n) is 11.5. The molecule has 0 aliphatic heterocycles. The molecule has 0 aromatic heterocycles. The number of aryl methyl sites for hydroxylation is 1. The zero-order chi connectivity index (χ0) is 15.4. The van der Waals surface area contributed by atoms with E-state index in [9.17, 15) is 9.18 Å². The van der Waals surface area contributed by atoms with Gasteiger partial charge in [0.25, 0.3) is 0 Å². The van der Waals surface area contributed by atoms with Crippen molar-refractivity contribution >= 4 is 23.3 Å². The SMILES string of the molecule is Cc1ccc(N(CC(=O)O)Cc2cc(F)ccc2Cl)cc1. The first-order valence-electron chi connectivity index (χ1n) is 6.43. The van der Waals surface area contributed by atoms with E-state index < -0.39 is 11.8 Å². The Kier molecular flexibility index (Phi) is 4.81. The van der Waals surface area contributed by atoms with Crippen LogP contribution in [0.5, 0.6) is 0 Å². The van der Waals surface area contributed by atoms with Gasteiger partial charge in [-0.15, -0.1) is 0 Å². The molecular weight excluding hydrogens is 293 g/mol. The predicted octanol–water partition coefficient (Wildman–Crippen LogP) is 3.88. The van der Waals surface area contributed by atoms with Gasteiger partial charge in [-0.25, -0.2) is 4.39 Å². The zero-order valence-corrected chi connectivity index (χ0v) is 12.3. The van der Waals surface area contributed by atoms with Gasteiger partial charge in [0, 0.05) is 17.3 Å². The van der Waals surface area contributed by atoms with Gasteiger partial charge in [-0.1, -0.05) is 29.3 Å². The number of carboxylic acid groups (broad SMARTS) is 1. The Labute approximate surface area is 127 Å². The lowest BCUT2D eigenvalue weighted by molar-refractivity contribution is -0.135. The highest BCUT2D eigenvalue weighted by Gasteiger charge is 2.13. The van der Waals surface area contributed by atoms with Crippen molar-refractivity contribution in [2.75, 3.05) is 11.4 Å². The highest BCUT2D eigenvalue weighted by atomic mass is 35.5. The Morgan fingerprint density at radius 1 is 1.24 bits per heavy atom. The van der Waals surface area contributed by atoms with Gasteiger partial charge in [0.1, 0.15) is 12.4 Å². The van der Waals surface area contributed by atoms with E-state index in [0.717, 1.165) is 11.3 Å². The molecule has 5 heteroatoms. The lowest BCUT2D eigenvalue weighted by Gasteiger charge is -2.23. The molecule has 0 heterocycles. The minimum atomic E-state index is -0.955. The van der Waals surface area contributed by atoms with Crippen molar-refractivity contribution in [2.24, 2.45) is 0 Å². The second-order valence-corrected chi connectivity index (χ2v) is 5.23. The standard InChI is InChI=1S/C16H15ClFNO2/c1-11-2-5-14(6-3-11)19(10-16(20)21)9-12-8-13(18)4-7-15(12)17/h2-8H,9-10H2,1H3,(H,20,21). The summed E-state index contributed by atoms with van der Waals surface area (Å²) in [5, 5.41) is 9.47. The van der Waals surface area contributed by atoms with E-state index in [-0.39, 0.29) is 13.1 Å². The molecule has 2 aromatic rings. The molecule has 0 saturated carbocycles. The molecule has 3 nitrogen and oxygen atoms in total. The van der Waals surface area contributed by atoms with Crippen LogP contribution in [0.3, 0.4) is 0 Å². The Morgan fingerprint density at radius 2 is 1.90 bits per heavy atom. The number of nitrogens with zero attached hydrogens (tertiary/aromatic N) is 1. The lowest BCUT2D eigenvalue weighted by Crippen LogP contribution is -2.29. The quantitative estimate of drug-likeness (QED) is 0.911. The van der Waals surface area contributed by atoms with Gasteiger partial charge in [0.15, 0.2) is 0 Å². The van der Waals surface area contributed by atoms with Crippen molar-refractivity contribution in [1.82, 2.24) is 0 Å². The summed E-state index contributed by atoms with van der Waals surface area (Å²) in [5.74, 6) is -1.35. The first-order chi connectivity index (χ1) is 9.95. The number of carbonyl (C=O) groups is 1. The molecule has 0 radical (unpaired) electrons. The van der Waals surface area contributed by atoms with Crippen LogP contribution in [0.25, 0.3) is 0 Å². The fourth-order valence-electron chi connectivity index (χ4n) is 2.03. The average Bonchev–Trinajstić information content (AvgIpc) is 2.42. The van der Waals surface area contributed by atoms with Gasteiger partial charge < -0.3 is 10.0 Å². The van der Waals surface area contributed by atoms with Crippen LogP contribution in [0.4, 0.5) is 10.1 Å². The smallest absolute Gasteiger partial charge is 0.323 e. The average molecular weight is 308 g/mol. The normalized spacial score (nSPS) is 10.4. The van der Waals surface area contributed by atoms with Crippen molar-refractivity contribution in [3.8, 4) is 0 Å². The molecule has 1 N–H and O–H groups in total. The highest BCUT2D eigenvalue weighted by Crippen LogP contribution is 2.23. The number of rotatable bonds is 5. The number of hydrogen-bond donors (Lipinski definition) is 1. The first kappa shape index (κ1) is 15.3. The Bertz CT molecular complexity index is 643. The van der Waals surface area contributed by atoms with Crippen LogP contribution >= 0.6 is 11.6 Å². The van der Waals surface area contributed by atoms with Crippen molar-refractivity contribution in [3.63, 3.8) is 0 Å². The van der Waals surface area contributed by atoms with Gasteiger partial charge in [-0.2, -0.15) is 0 Å². The van der Waals surface area contributed by atoms with E-state index >= 15 is 0 Å². The molecule has 21 heavy (non-hydrogen) atoms. The summed E-state index contributed by atoms with van der Waals surface area (Å²) in [6.45, 7) is 2.00. The third-order valence-electron chi connectivity index (χ3n) is 3.09. The first-order valence-corrected chi connectivity index (χ1v) is 6.81. The van der Waals surface area contributed by atoms with E-state index in [0.29, 0.717) is 10.6 Å². The summed E-state index contributed by atoms with van der Waals surface area (Å²) < 4.78 is 13.3. The number of halogens is 2. The van der Waals surface area contributed by atoms with Crippen LogP contribution in [-0.2, 0) is 11.3 Å². The molecule has 0 aliphatic carbocycles. The Morgan fingerprint density at radius 3 is 2.52 bits per heavy atom. The van der Waals surface area contributed by atoms with Crippen LogP contribution in [0.2, 0.25) is 5.02 Å². The molecule has 0 amide bonds. The fourth-order valence-corrected chi connectivity index (χ4v) is 2.20. The Hall–Kier alpha value is -2.07. The summed E-state index contributed by atoms with van der Waals surface area (Å²) >= 11 is 6.05. The van der Waals surface area contributed by atoms with E-state index in [1.165, 1.54) is 18.2 Å². The van der Waals surface area contributed by atoms with E-state index in [4.69, 9.17) is 16.7 Å². The van der Waals surface area contributed by atoms with E-state index in [2.05, 4.69) is 0 Å². The minimum absolute atomic E-state index is 0.185. The molecule has 0 bridgehead atoms. The second kappa shape index (κ2) is 6.59. The summed E-state index contributed by atoms with van der Waals surface area (Å²) in [4.78, 5) is 12.7. The van der Waals surface area contributed by atoms with Crippen LogP contribution in [-0.4, -0.2) is 17.6 Å². The van der Waals surface area contributed by atoms with Crippen molar-refractivity contribution < 1.29 is 14.3 Å².